The van der Waals surface area contributed by atoms with Crippen LogP contribution in [0.4, 0.5) is 4.79 Å². The van der Waals surface area contributed by atoms with Gasteiger partial charge in [-0.3, -0.25) is 9.69 Å². The Hall–Kier alpha value is -3.35. The summed E-state index contributed by atoms with van der Waals surface area (Å²) < 4.78 is 7.63. The molecule has 1 aliphatic rings. The number of nitrogens with zero attached hydrogens (tertiary/aromatic N) is 3. The van der Waals surface area contributed by atoms with E-state index in [9.17, 15) is 9.59 Å². The lowest BCUT2D eigenvalue weighted by molar-refractivity contribution is -0.127. The number of rotatable bonds is 5. The third-order valence-electron chi connectivity index (χ3n) is 5.77. The molecule has 4 rings (SSSR count). The van der Waals surface area contributed by atoms with Crippen LogP contribution >= 0.6 is 0 Å². The highest BCUT2D eigenvalue weighted by Gasteiger charge is 2.34. The van der Waals surface area contributed by atoms with Crippen molar-refractivity contribution in [1.29, 1.82) is 0 Å². The van der Waals surface area contributed by atoms with Crippen LogP contribution in [0.5, 0.6) is 0 Å². The highest BCUT2D eigenvalue weighted by molar-refractivity contribution is 5.86. The molecule has 1 aliphatic heterocycles. The van der Waals surface area contributed by atoms with Gasteiger partial charge in [-0.05, 0) is 63.3 Å². The maximum absolute atomic E-state index is 13.0. The largest absolute Gasteiger partial charge is 0.444 e. The fourth-order valence-electron chi connectivity index (χ4n) is 4.22. The van der Waals surface area contributed by atoms with E-state index in [0.29, 0.717) is 26.1 Å². The van der Waals surface area contributed by atoms with Gasteiger partial charge < -0.3 is 14.6 Å². The van der Waals surface area contributed by atoms with E-state index in [-0.39, 0.29) is 5.91 Å². The van der Waals surface area contributed by atoms with Crippen molar-refractivity contribution in [2.75, 3.05) is 6.54 Å². The number of carbonyl (C=O) groups excluding carboxylic acids is 2. The van der Waals surface area contributed by atoms with Crippen molar-refractivity contribution < 1.29 is 14.3 Å². The number of nitrogens with one attached hydrogen (secondary N) is 1. The quantitative estimate of drug-likeness (QED) is 0.624. The number of fused-ring (bicyclic) bond motifs is 1. The van der Waals surface area contributed by atoms with Gasteiger partial charge in [0.1, 0.15) is 11.6 Å². The molecule has 33 heavy (non-hydrogen) atoms. The number of likely N-dealkylation sites (tertiary alicyclic amines) is 1. The Balaban J connectivity index is 1.39. The Kier molecular flexibility index (Phi) is 6.67. The van der Waals surface area contributed by atoms with Crippen molar-refractivity contribution in [1.82, 2.24) is 19.8 Å². The number of hydrogen-bond donors (Lipinski definition) is 1. The van der Waals surface area contributed by atoms with Gasteiger partial charge in [0.25, 0.3) is 0 Å². The van der Waals surface area contributed by atoms with Crippen LogP contribution in [0.25, 0.3) is 11.0 Å². The van der Waals surface area contributed by atoms with Gasteiger partial charge in [-0.25, -0.2) is 9.78 Å². The molecule has 1 N–H and O–H groups in total. The van der Waals surface area contributed by atoms with E-state index in [0.717, 1.165) is 35.0 Å². The SMILES string of the molecule is CC(C)(C)OC(=O)N1CCCC[C@@H]1C(=O)NCc1cccc(Cn2cnc3ccccc32)c1. The molecule has 1 atom stereocenters. The number of ether oxygens (including phenoxy) is 1. The Morgan fingerprint density at radius 2 is 1.88 bits per heavy atom. The number of piperidine rings is 1. The van der Waals surface area contributed by atoms with Crippen molar-refractivity contribution >= 4 is 23.0 Å². The predicted molar refractivity (Wildman–Crippen MR) is 128 cm³/mol. The second-order valence-electron chi connectivity index (χ2n) is 9.58. The zero-order chi connectivity index (χ0) is 23.4. The lowest BCUT2D eigenvalue weighted by Crippen LogP contribution is -2.52. The summed E-state index contributed by atoms with van der Waals surface area (Å²) in [5.41, 5.74) is 3.64. The molecule has 0 spiro atoms. The van der Waals surface area contributed by atoms with Gasteiger partial charge >= 0.3 is 6.09 Å². The number of carbonyl (C=O) groups is 2. The van der Waals surface area contributed by atoms with Crippen LogP contribution in [0.15, 0.2) is 54.9 Å². The Labute approximate surface area is 194 Å². The van der Waals surface area contributed by atoms with E-state index < -0.39 is 17.7 Å². The predicted octanol–water partition coefficient (Wildman–Crippen LogP) is 4.49. The van der Waals surface area contributed by atoms with Crippen LogP contribution in [0, 0.1) is 0 Å². The first-order chi connectivity index (χ1) is 15.8. The molecule has 3 aromatic rings. The van der Waals surface area contributed by atoms with Gasteiger partial charge in [0, 0.05) is 19.6 Å². The maximum Gasteiger partial charge on any atom is 0.410 e. The molecule has 0 radical (unpaired) electrons. The second kappa shape index (κ2) is 9.65. The number of imidazole rings is 1. The Morgan fingerprint density at radius 1 is 1.09 bits per heavy atom. The molecule has 1 saturated heterocycles. The van der Waals surface area contributed by atoms with Gasteiger partial charge in [0.15, 0.2) is 0 Å². The third-order valence-corrected chi connectivity index (χ3v) is 5.77. The highest BCUT2D eigenvalue weighted by Crippen LogP contribution is 2.21. The Morgan fingerprint density at radius 3 is 2.70 bits per heavy atom. The van der Waals surface area contributed by atoms with Gasteiger partial charge in [0.05, 0.1) is 17.4 Å². The number of hydrogen-bond acceptors (Lipinski definition) is 4. The average molecular weight is 449 g/mol. The first kappa shape index (κ1) is 22.8. The van der Waals surface area contributed by atoms with Crippen LogP contribution in [0.3, 0.4) is 0 Å². The molecular formula is C26H32N4O3. The summed E-state index contributed by atoms with van der Waals surface area (Å²) in [4.78, 5) is 31.6. The molecule has 0 bridgehead atoms. The summed E-state index contributed by atoms with van der Waals surface area (Å²) in [5, 5.41) is 3.02. The molecule has 0 aliphatic carbocycles. The minimum atomic E-state index is -0.587. The van der Waals surface area contributed by atoms with Crippen molar-refractivity contribution in [3.63, 3.8) is 0 Å². The van der Waals surface area contributed by atoms with Crippen molar-refractivity contribution in [3.05, 3.63) is 66.0 Å². The van der Waals surface area contributed by atoms with E-state index in [2.05, 4.69) is 33.1 Å². The summed E-state index contributed by atoms with van der Waals surface area (Å²) in [6.07, 6.45) is 3.89. The van der Waals surface area contributed by atoms with Crippen LogP contribution in [0.1, 0.15) is 51.2 Å². The molecule has 7 nitrogen and oxygen atoms in total. The van der Waals surface area contributed by atoms with Gasteiger partial charge in [0.2, 0.25) is 5.91 Å². The summed E-state index contributed by atoms with van der Waals surface area (Å²) in [7, 11) is 0. The van der Waals surface area contributed by atoms with E-state index in [4.69, 9.17) is 4.74 Å². The first-order valence-electron chi connectivity index (χ1n) is 11.6. The van der Waals surface area contributed by atoms with E-state index in [1.54, 1.807) is 4.90 Å². The van der Waals surface area contributed by atoms with Crippen LogP contribution in [0.2, 0.25) is 0 Å². The van der Waals surface area contributed by atoms with Gasteiger partial charge in [-0.15, -0.1) is 0 Å². The topological polar surface area (TPSA) is 76.5 Å². The normalized spacial score (nSPS) is 16.6. The molecular weight excluding hydrogens is 416 g/mol. The van der Waals surface area contributed by atoms with Crippen molar-refractivity contribution in [2.45, 2.75) is 64.8 Å². The molecule has 7 heteroatoms. The Bertz CT molecular complexity index is 1130. The number of amides is 2. The van der Waals surface area contributed by atoms with Gasteiger partial charge in [-0.1, -0.05) is 36.4 Å². The first-order valence-corrected chi connectivity index (χ1v) is 11.6. The molecule has 2 heterocycles. The van der Waals surface area contributed by atoms with Crippen molar-refractivity contribution in [3.8, 4) is 0 Å². The molecule has 1 fully saturated rings. The van der Waals surface area contributed by atoms with E-state index in [1.165, 1.54) is 0 Å². The molecule has 2 aromatic carbocycles. The summed E-state index contributed by atoms with van der Waals surface area (Å²) in [6, 6.07) is 15.8. The molecule has 0 saturated carbocycles. The standard InChI is InChI=1S/C26H32N4O3/c1-26(2,3)33-25(32)30-14-7-6-13-23(30)24(31)27-16-19-9-8-10-20(15-19)17-29-18-28-21-11-4-5-12-22(21)29/h4-5,8-12,15,18,23H,6-7,13-14,16-17H2,1-3H3,(H,27,31)/t23-/m1/s1. The van der Waals surface area contributed by atoms with Crippen LogP contribution in [-0.2, 0) is 22.6 Å². The zero-order valence-corrected chi connectivity index (χ0v) is 19.6. The van der Waals surface area contributed by atoms with Crippen LogP contribution in [-0.4, -0.2) is 44.6 Å². The second-order valence-corrected chi connectivity index (χ2v) is 9.58. The van der Waals surface area contributed by atoms with Crippen molar-refractivity contribution in [2.24, 2.45) is 0 Å². The zero-order valence-electron chi connectivity index (χ0n) is 19.6. The minimum absolute atomic E-state index is 0.133. The van der Waals surface area contributed by atoms with Gasteiger partial charge in [-0.2, -0.15) is 0 Å². The fraction of sp³-hybridized carbons (Fsp3) is 0.423. The average Bonchev–Trinajstić information content (AvgIpc) is 3.19. The summed E-state index contributed by atoms with van der Waals surface area (Å²) >= 11 is 0. The van der Waals surface area contributed by atoms with E-state index >= 15 is 0 Å². The minimum Gasteiger partial charge on any atom is -0.444 e. The smallest absolute Gasteiger partial charge is 0.410 e. The molecule has 1 aromatic heterocycles. The lowest BCUT2D eigenvalue weighted by Gasteiger charge is -2.35. The summed E-state index contributed by atoms with van der Waals surface area (Å²) in [6.45, 7) is 7.17. The summed E-state index contributed by atoms with van der Waals surface area (Å²) in [5.74, 6) is -0.133. The molecule has 2 amide bonds. The third kappa shape index (κ3) is 5.72. The molecule has 174 valence electrons. The highest BCUT2D eigenvalue weighted by atomic mass is 16.6. The molecule has 0 unspecified atom stereocenters. The monoisotopic (exact) mass is 448 g/mol. The number of para-hydroxylation sites is 2. The lowest BCUT2D eigenvalue weighted by atomic mass is 10.0. The fourth-order valence-corrected chi connectivity index (χ4v) is 4.22. The number of benzene rings is 2. The van der Waals surface area contributed by atoms with E-state index in [1.807, 2.05) is 57.4 Å². The van der Waals surface area contributed by atoms with Crippen LogP contribution < -0.4 is 5.32 Å². The maximum atomic E-state index is 13.0. The number of aromatic nitrogens is 2.